The van der Waals surface area contributed by atoms with Crippen molar-refractivity contribution in [2.75, 3.05) is 74.7 Å². The van der Waals surface area contributed by atoms with Crippen molar-refractivity contribution in [3.05, 3.63) is 66.4 Å². The molecule has 0 radical (unpaired) electrons. The number of carbonyl (C=O) groups is 1. The average Bonchev–Trinajstić information content (AvgIpc) is 2.94. The van der Waals surface area contributed by atoms with Gasteiger partial charge >= 0.3 is 0 Å². The third-order valence-electron chi connectivity index (χ3n) is 6.61. The van der Waals surface area contributed by atoms with Crippen LogP contribution >= 0.6 is 0 Å². The molecule has 0 aliphatic carbocycles. The average molecular weight is 489 g/mol. The number of rotatable bonds is 7. The molecule has 0 spiro atoms. The number of ether oxygens (including phenoxy) is 2. The van der Waals surface area contributed by atoms with E-state index in [-0.39, 0.29) is 5.91 Å². The maximum absolute atomic E-state index is 12.8. The van der Waals surface area contributed by atoms with Gasteiger partial charge in [0.25, 0.3) is 0 Å². The van der Waals surface area contributed by atoms with E-state index in [0.29, 0.717) is 25.5 Å². The fourth-order valence-electron chi connectivity index (χ4n) is 4.51. The van der Waals surface area contributed by atoms with E-state index in [2.05, 4.69) is 32.2 Å². The summed E-state index contributed by atoms with van der Waals surface area (Å²) in [5, 5.41) is 3.31. The van der Waals surface area contributed by atoms with Gasteiger partial charge in [0.05, 0.1) is 26.7 Å². The zero-order chi connectivity index (χ0) is 24.7. The Morgan fingerprint density at radius 3 is 2.33 bits per heavy atom. The van der Waals surface area contributed by atoms with Crippen molar-refractivity contribution in [3.63, 3.8) is 0 Å². The third kappa shape index (κ3) is 5.85. The Bertz CT molecular complexity index is 1140. The van der Waals surface area contributed by atoms with Crippen molar-refractivity contribution >= 4 is 29.0 Å². The van der Waals surface area contributed by atoms with Crippen LogP contribution in [0.3, 0.4) is 0 Å². The Hall–Kier alpha value is -3.85. The first kappa shape index (κ1) is 23.9. The lowest BCUT2D eigenvalue weighted by atomic mass is 10.1. The number of aromatic nitrogens is 2. The van der Waals surface area contributed by atoms with Gasteiger partial charge in [-0.05, 0) is 48.0 Å². The summed E-state index contributed by atoms with van der Waals surface area (Å²) in [6.07, 6.45) is 2.17. The van der Waals surface area contributed by atoms with E-state index < -0.39 is 0 Å². The van der Waals surface area contributed by atoms with E-state index in [4.69, 9.17) is 14.5 Å². The van der Waals surface area contributed by atoms with Crippen LogP contribution in [-0.2, 0) is 16.0 Å². The van der Waals surface area contributed by atoms with Crippen LogP contribution in [0.2, 0.25) is 0 Å². The summed E-state index contributed by atoms with van der Waals surface area (Å²) in [5.41, 5.74) is 3.13. The normalized spacial score (nSPS) is 16.1. The van der Waals surface area contributed by atoms with Gasteiger partial charge in [0.15, 0.2) is 0 Å². The first-order chi connectivity index (χ1) is 17.7. The van der Waals surface area contributed by atoms with Crippen molar-refractivity contribution in [1.29, 1.82) is 0 Å². The molecule has 2 aromatic carbocycles. The molecule has 2 aliphatic heterocycles. The van der Waals surface area contributed by atoms with E-state index in [9.17, 15) is 4.79 Å². The number of anilines is 4. The summed E-state index contributed by atoms with van der Waals surface area (Å²) in [6, 6.07) is 17.9. The van der Waals surface area contributed by atoms with Gasteiger partial charge in [-0.15, -0.1) is 0 Å². The maximum atomic E-state index is 12.8. The molecular formula is C27H32N6O3. The molecule has 9 heteroatoms. The van der Waals surface area contributed by atoms with Gasteiger partial charge in [-0.25, -0.2) is 4.98 Å². The Kier molecular flexibility index (Phi) is 7.47. The maximum Gasteiger partial charge on any atom is 0.229 e. The fraction of sp³-hybridized carbons (Fsp3) is 0.370. The quantitative estimate of drug-likeness (QED) is 0.544. The SMILES string of the molecule is COc1ccc(CC(=O)N2CCN(c3ccnc(Nc4ccc(N5CCOCC5)cc4)n3)CC2)cc1. The lowest BCUT2D eigenvalue weighted by Gasteiger charge is -2.35. The molecule has 1 N–H and O–H groups in total. The van der Waals surface area contributed by atoms with Crippen LogP contribution in [0.5, 0.6) is 5.75 Å². The van der Waals surface area contributed by atoms with Gasteiger partial charge < -0.3 is 29.5 Å². The van der Waals surface area contributed by atoms with Crippen LogP contribution in [0.4, 0.5) is 23.1 Å². The molecule has 2 fully saturated rings. The third-order valence-corrected chi connectivity index (χ3v) is 6.61. The molecule has 2 saturated heterocycles. The highest BCUT2D eigenvalue weighted by Crippen LogP contribution is 2.22. The summed E-state index contributed by atoms with van der Waals surface area (Å²) in [4.78, 5) is 28.3. The van der Waals surface area contributed by atoms with Crippen LogP contribution in [0.15, 0.2) is 60.8 Å². The van der Waals surface area contributed by atoms with Crippen molar-refractivity contribution in [3.8, 4) is 5.75 Å². The highest BCUT2D eigenvalue weighted by Gasteiger charge is 2.22. The number of hydrogen-bond acceptors (Lipinski definition) is 8. The zero-order valence-electron chi connectivity index (χ0n) is 20.6. The van der Waals surface area contributed by atoms with Gasteiger partial charge in [-0.1, -0.05) is 12.1 Å². The summed E-state index contributed by atoms with van der Waals surface area (Å²) in [6.45, 7) is 6.18. The minimum absolute atomic E-state index is 0.144. The first-order valence-corrected chi connectivity index (χ1v) is 12.4. The van der Waals surface area contributed by atoms with Crippen molar-refractivity contribution in [2.45, 2.75) is 6.42 Å². The number of nitrogens with zero attached hydrogens (tertiary/aromatic N) is 5. The number of benzene rings is 2. The largest absolute Gasteiger partial charge is 0.497 e. The summed E-state index contributed by atoms with van der Waals surface area (Å²) in [5.74, 6) is 2.36. The predicted molar refractivity (Wildman–Crippen MR) is 140 cm³/mol. The minimum Gasteiger partial charge on any atom is -0.497 e. The van der Waals surface area contributed by atoms with Gasteiger partial charge in [-0.3, -0.25) is 4.79 Å². The van der Waals surface area contributed by atoms with Crippen LogP contribution in [0, 0.1) is 0 Å². The Balaban J connectivity index is 1.14. The number of hydrogen-bond donors (Lipinski definition) is 1. The molecule has 1 aromatic heterocycles. The lowest BCUT2D eigenvalue weighted by Crippen LogP contribution is -2.49. The van der Waals surface area contributed by atoms with Crippen molar-refractivity contribution < 1.29 is 14.3 Å². The number of piperazine rings is 1. The van der Waals surface area contributed by atoms with Crippen LogP contribution in [-0.4, -0.2) is 80.4 Å². The van der Waals surface area contributed by atoms with E-state index in [1.54, 1.807) is 13.3 Å². The Morgan fingerprint density at radius 1 is 0.917 bits per heavy atom. The van der Waals surface area contributed by atoms with Crippen LogP contribution < -0.4 is 19.9 Å². The van der Waals surface area contributed by atoms with E-state index in [1.165, 1.54) is 5.69 Å². The van der Waals surface area contributed by atoms with Crippen molar-refractivity contribution in [1.82, 2.24) is 14.9 Å². The standard InChI is InChI=1S/C27H32N6O3/c1-35-24-8-2-21(3-9-24)20-26(34)33-14-12-32(13-15-33)25-10-11-28-27(30-25)29-22-4-6-23(7-5-22)31-16-18-36-19-17-31/h2-11H,12-20H2,1H3,(H,28,29,30). The highest BCUT2D eigenvalue weighted by molar-refractivity contribution is 5.79. The van der Waals surface area contributed by atoms with Gasteiger partial charge in [0.2, 0.25) is 11.9 Å². The minimum atomic E-state index is 0.144. The molecule has 2 aliphatic rings. The van der Waals surface area contributed by atoms with E-state index in [1.807, 2.05) is 47.4 Å². The monoisotopic (exact) mass is 488 g/mol. The lowest BCUT2D eigenvalue weighted by molar-refractivity contribution is -0.130. The molecule has 188 valence electrons. The van der Waals surface area contributed by atoms with Gasteiger partial charge in [0, 0.05) is 56.8 Å². The molecule has 3 aromatic rings. The molecule has 3 heterocycles. The summed E-state index contributed by atoms with van der Waals surface area (Å²) < 4.78 is 10.6. The Morgan fingerprint density at radius 2 is 1.64 bits per heavy atom. The van der Waals surface area contributed by atoms with Crippen LogP contribution in [0.1, 0.15) is 5.56 Å². The van der Waals surface area contributed by atoms with Crippen LogP contribution in [0.25, 0.3) is 0 Å². The number of morpholine rings is 1. The molecule has 1 amide bonds. The van der Waals surface area contributed by atoms with Gasteiger partial charge in [-0.2, -0.15) is 4.98 Å². The molecule has 0 atom stereocenters. The van der Waals surface area contributed by atoms with Gasteiger partial charge in [0.1, 0.15) is 11.6 Å². The number of nitrogens with one attached hydrogen (secondary N) is 1. The van der Waals surface area contributed by atoms with E-state index >= 15 is 0 Å². The first-order valence-electron chi connectivity index (χ1n) is 12.4. The Labute approximate surface area is 211 Å². The zero-order valence-corrected chi connectivity index (χ0v) is 20.6. The molecule has 0 unspecified atom stereocenters. The topological polar surface area (TPSA) is 83.1 Å². The molecule has 9 nitrogen and oxygen atoms in total. The second-order valence-electron chi connectivity index (χ2n) is 8.90. The smallest absolute Gasteiger partial charge is 0.229 e. The molecule has 0 bridgehead atoms. The number of carbonyl (C=O) groups excluding carboxylic acids is 1. The second kappa shape index (κ2) is 11.3. The number of methoxy groups -OCH3 is 1. The summed E-state index contributed by atoms with van der Waals surface area (Å²) >= 11 is 0. The number of amides is 1. The summed E-state index contributed by atoms with van der Waals surface area (Å²) in [7, 11) is 1.64. The predicted octanol–water partition coefficient (Wildman–Crippen LogP) is 2.96. The molecule has 5 rings (SSSR count). The highest BCUT2D eigenvalue weighted by atomic mass is 16.5. The molecular weight excluding hydrogens is 456 g/mol. The molecule has 0 saturated carbocycles. The fourth-order valence-corrected chi connectivity index (χ4v) is 4.51. The second-order valence-corrected chi connectivity index (χ2v) is 8.90. The van der Waals surface area contributed by atoms with Crippen molar-refractivity contribution in [2.24, 2.45) is 0 Å². The van der Waals surface area contributed by atoms with E-state index in [0.717, 1.165) is 62.2 Å². The molecule has 36 heavy (non-hydrogen) atoms.